The lowest BCUT2D eigenvalue weighted by molar-refractivity contribution is -0.122. The van der Waals surface area contributed by atoms with Crippen molar-refractivity contribution in [2.75, 3.05) is 25.9 Å². The fourth-order valence-electron chi connectivity index (χ4n) is 5.03. The van der Waals surface area contributed by atoms with Gasteiger partial charge in [0.1, 0.15) is 0 Å². The summed E-state index contributed by atoms with van der Waals surface area (Å²) in [7, 11) is 0. The number of imide groups is 1. The number of nitrogens with one attached hydrogen (secondary N) is 2. The van der Waals surface area contributed by atoms with Crippen LogP contribution < -0.4 is 5.32 Å². The highest BCUT2D eigenvalue weighted by Gasteiger charge is 2.35. The quantitative estimate of drug-likeness (QED) is 0.254. The van der Waals surface area contributed by atoms with Crippen LogP contribution in [-0.4, -0.2) is 52.2 Å². The van der Waals surface area contributed by atoms with Crippen LogP contribution in [0.4, 0.5) is 0 Å². The number of thioether (sulfide) groups is 1. The first-order valence-corrected chi connectivity index (χ1v) is 13.3. The maximum atomic E-state index is 13.2. The van der Waals surface area contributed by atoms with Crippen molar-refractivity contribution in [3.63, 3.8) is 0 Å². The molecule has 5 rings (SSSR count). The van der Waals surface area contributed by atoms with Crippen LogP contribution in [0, 0.1) is 0 Å². The molecule has 2 N–H and O–H groups in total. The molecule has 0 aliphatic carbocycles. The minimum atomic E-state index is -0.349. The van der Waals surface area contributed by atoms with Crippen LogP contribution in [0.3, 0.4) is 0 Å². The third-order valence-electron chi connectivity index (χ3n) is 6.92. The highest BCUT2D eigenvalue weighted by molar-refractivity contribution is 7.98. The molecule has 180 valence electrons. The Hall–Kier alpha value is -3.29. The summed E-state index contributed by atoms with van der Waals surface area (Å²) >= 11 is 1.70. The Labute approximate surface area is 209 Å². The van der Waals surface area contributed by atoms with Crippen LogP contribution in [0.15, 0.2) is 59.8 Å². The number of amides is 2. The van der Waals surface area contributed by atoms with Gasteiger partial charge in [0.15, 0.2) is 0 Å². The number of aryl methyl sites for hydroxylation is 1. The molecule has 3 heterocycles. The van der Waals surface area contributed by atoms with Gasteiger partial charge in [-0.25, -0.2) is 0 Å². The predicted molar refractivity (Wildman–Crippen MR) is 144 cm³/mol. The Bertz CT molecular complexity index is 1460. The van der Waals surface area contributed by atoms with Crippen molar-refractivity contribution in [1.29, 1.82) is 0 Å². The molecule has 0 saturated carbocycles. The van der Waals surface area contributed by atoms with Gasteiger partial charge in [-0.2, -0.15) is 0 Å². The first kappa shape index (κ1) is 23.5. The van der Waals surface area contributed by atoms with Crippen LogP contribution in [0.25, 0.3) is 33.0 Å². The minimum Gasteiger partial charge on any atom is -0.361 e. The molecular formula is C28H30N4O2S. The smallest absolute Gasteiger partial charge is 0.259 e. The van der Waals surface area contributed by atoms with Gasteiger partial charge < -0.3 is 14.5 Å². The number of hydrogen-bond donors (Lipinski definition) is 2. The standard InChI is InChI=1S/C28H30N4O2S/c1-4-31(5-2)13-8-14-32-17-22(20-12-11-18(35-3)15-24(20)32)26-25(27(33)30-28(26)34)21-16-29-23-10-7-6-9-19(21)23/h6-7,9-12,15-17,29H,4-5,8,13-14H2,1-3H3,(H,30,33,34). The summed E-state index contributed by atoms with van der Waals surface area (Å²) in [5.74, 6) is -0.690. The Morgan fingerprint density at radius 1 is 0.943 bits per heavy atom. The molecule has 2 amide bonds. The Morgan fingerprint density at radius 2 is 1.69 bits per heavy atom. The number of nitrogens with zero attached hydrogens (tertiary/aromatic N) is 2. The maximum Gasteiger partial charge on any atom is 0.259 e. The molecule has 35 heavy (non-hydrogen) atoms. The third-order valence-corrected chi connectivity index (χ3v) is 7.64. The maximum absolute atomic E-state index is 13.2. The van der Waals surface area contributed by atoms with Crippen molar-refractivity contribution in [3.8, 4) is 0 Å². The summed E-state index contributed by atoms with van der Waals surface area (Å²) in [5, 5.41) is 4.47. The van der Waals surface area contributed by atoms with Crippen LogP contribution in [-0.2, 0) is 16.1 Å². The van der Waals surface area contributed by atoms with Gasteiger partial charge in [0, 0.05) is 56.8 Å². The molecule has 0 atom stereocenters. The van der Waals surface area contributed by atoms with Crippen LogP contribution in [0.5, 0.6) is 0 Å². The van der Waals surface area contributed by atoms with Crippen molar-refractivity contribution >= 4 is 56.5 Å². The van der Waals surface area contributed by atoms with Crippen molar-refractivity contribution in [1.82, 2.24) is 19.8 Å². The lowest BCUT2D eigenvalue weighted by Gasteiger charge is -2.18. The molecule has 7 heteroatoms. The van der Waals surface area contributed by atoms with Gasteiger partial charge in [-0.05, 0) is 50.5 Å². The number of carbonyl (C=O) groups excluding carboxylic acids is 2. The third kappa shape index (κ3) is 4.19. The van der Waals surface area contributed by atoms with Crippen molar-refractivity contribution in [3.05, 3.63) is 66.0 Å². The zero-order chi connectivity index (χ0) is 24.5. The molecule has 0 spiro atoms. The number of benzene rings is 2. The molecule has 1 aliphatic heterocycles. The second-order valence-corrected chi connectivity index (χ2v) is 9.66. The SMILES string of the molecule is CCN(CC)CCCn1cc(C2=C(c3c[nH]c4ccccc34)C(=O)NC2=O)c2ccc(SC)cc21. The van der Waals surface area contributed by atoms with E-state index in [0.717, 1.165) is 65.5 Å². The van der Waals surface area contributed by atoms with Crippen molar-refractivity contribution in [2.24, 2.45) is 0 Å². The average Bonchev–Trinajstić information content (AvgIpc) is 3.54. The molecule has 0 fully saturated rings. The highest BCUT2D eigenvalue weighted by atomic mass is 32.2. The molecule has 0 bridgehead atoms. The Morgan fingerprint density at radius 3 is 2.43 bits per heavy atom. The molecule has 6 nitrogen and oxygen atoms in total. The number of rotatable bonds is 9. The monoisotopic (exact) mass is 486 g/mol. The van der Waals surface area contributed by atoms with Crippen LogP contribution >= 0.6 is 11.8 Å². The molecule has 0 unspecified atom stereocenters. The minimum absolute atomic E-state index is 0.341. The Balaban J connectivity index is 1.66. The molecule has 0 radical (unpaired) electrons. The lowest BCUT2D eigenvalue weighted by Crippen LogP contribution is -2.24. The van der Waals surface area contributed by atoms with E-state index < -0.39 is 0 Å². The second kappa shape index (κ2) is 9.76. The summed E-state index contributed by atoms with van der Waals surface area (Å²) in [6.45, 7) is 8.31. The van der Waals surface area contributed by atoms with E-state index in [1.54, 1.807) is 11.8 Å². The van der Waals surface area contributed by atoms with Gasteiger partial charge in [0.05, 0.1) is 11.1 Å². The van der Waals surface area contributed by atoms with E-state index in [0.29, 0.717) is 11.1 Å². The number of fused-ring (bicyclic) bond motifs is 2. The van der Waals surface area contributed by atoms with E-state index >= 15 is 0 Å². The average molecular weight is 487 g/mol. The number of para-hydroxylation sites is 1. The summed E-state index contributed by atoms with van der Waals surface area (Å²) in [6, 6.07) is 14.2. The summed E-state index contributed by atoms with van der Waals surface area (Å²) in [6.07, 6.45) is 6.96. The highest BCUT2D eigenvalue weighted by Crippen LogP contribution is 2.39. The lowest BCUT2D eigenvalue weighted by atomic mass is 9.95. The zero-order valence-electron chi connectivity index (χ0n) is 20.4. The topological polar surface area (TPSA) is 70.1 Å². The summed E-state index contributed by atoms with van der Waals surface area (Å²) in [5.41, 5.74) is 4.46. The van der Waals surface area contributed by atoms with E-state index in [4.69, 9.17) is 0 Å². The number of hydrogen-bond acceptors (Lipinski definition) is 4. The van der Waals surface area contributed by atoms with E-state index in [9.17, 15) is 9.59 Å². The fraction of sp³-hybridized carbons (Fsp3) is 0.286. The largest absolute Gasteiger partial charge is 0.361 e. The van der Waals surface area contributed by atoms with E-state index in [-0.39, 0.29) is 11.8 Å². The van der Waals surface area contributed by atoms with Crippen molar-refractivity contribution in [2.45, 2.75) is 31.7 Å². The van der Waals surface area contributed by atoms with E-state index in [2.05, 4.69) is 64.3 Å². The summed E-state index contributed by atoms with van der Waals surface area (Å²) in [4.78, 5) is 33.0. The van der Waals surface area contributed by atoms with Gasteiger partial charge in [0.2, 0.25) is 0 Å². The van der Waals surface area contributed by atoms with Gasteiger partial charge in [-0.15, -0.1) is 11.8 Å². The van der Waals surface area contributed by atoms with Gasteiger partial charge in [0.25, 0.3) is 11.8 Å². The molecular weight excluding hydrogens is 456 g/mol. The molecule has 2 aromatic carbocycles. The molecule has 1 aliphatic rings. The van der Waals surface area contributed by atoms with Gasteiger partial charge >= 0.3 is 0 Å². The number of carbonyl (C=O) groups is 2. The number of aromatic nitrogens is 2. The zero-order valence-corrected chi connectivity index (χ0v) is 21.2. The number of aromatic amines is 1. The summed E-state index contributed by atoms with van der Waals surface area (Å²) < 4.78 is 2.24. The first-order valence-electron chi connectivity index (χ1n) is 12.1. The first-order chi connectivity index (χ1) is 17.0. The van der Waals surface area contributed by atoms with Gasteiger partial charge in [-0.3, -0.25) is 14.9 Å². The van der Waals surface area contributed by atoms with E-state index in [1.165, 1.54) is 4.90 Å². The number of H-pyrrole nitrogens is 1. The molecule has 4 aromatic rings. The molecule has 2 aromatic heterocycles. The fourth-order valence-corrected chi connectivity index (χ4v) is 5.47. The predicted octanol–water partition coefficient (Wildman–Crippen LogP) is 5.14. The van der Waals surface area contributed by atoms with Crippen LogP contribution in [0.1, 0.15) is 31.4 Å². The normalized spacial score (nSPS) is 14.2. The van der Waals surface area contributed by atoms with Gasteiger partial charge in [-0.1, -0.05) is 38.1 Å². The van der Waals surface area contributed by atoms with Crippen molar-refractivity contribution < 1.29 is 9.59 Å². The van der Waals surface area contributed by atoms with E-state index in [1.807, 2.05) is 30.5 Å². The van der Waals surface area contributed by atoms with Crippen LogP contribution in [0.2, 0.25) is 0 Å². The second-order valence-electron chi connectivity index (χ2n) is 8.78. The molecule has 0 saturated heterocycles. The Kier molecular flexibility index (Phi) is 6.54.